The van der Waals surface area contributed by atoms with Crippen LogP contribution in [0.2, 0.25) is 0 Å². The average molecular weight is 252 g/mol. The highest BCUT2D eigenvalue weighted by Crippen LogP contribution is 2.38. The van der Waals surface area contributed by atoms with Crippen LogP contribution in [0.4, 0.5) is 0 Å². The van der Waals surface area contributed by atoms with Crippen molar-refractivity contribution in [2.45, 2.75) is 12.2 Å². The molecule has 2 atom stereocenters. The van der Waals surface area contributed by atoms with Gasteiger partial charge in [0.1, 0.15) is 18.8 Å². The fraction of sp³-hybridized carbons (Fsp3) is 0.176. The largest absolute Gasteiger partial charge is 0.498 e. The second-order valence-electron chi connectivity index (χ2n) is 4.55. The summed E-state index contributed by atoms with van der Waals surface area (Å²) in [5, 5.41) is 0. The molecule has 1 aliphatic heterocycles. The Bertz CT molecular complexity index is 534. The maximum atomic E-state index is 5.60. The normalized spacial score (nSPS) is 21.5. The maximum Gasteiger partial charge on any atom is 0.123 e. The monoisotopic (exact) mass is 252 g/mol. The molecule has 1 fully saturated rings. The van der Waals surface area contributed by atoms with Crippen LogP contribution in [0.5, 0.6) is 0 Å². The number of hydrogen-bond donors (Lipinski definition) is 0. The van der Waals surface area contributed by atoms with Crippen molar-refractivity contribution >= 4 is 6.08 Å². The van der Waals surface area contributed by atoms with E-state index in [9.17, 15) is 0 Å². The van der Waals surface area contributed by atoms with Crippen molar-refractivity contribution in [1.82, 2.24) is 0 Å². The van der Waals surface area contributed by atoms with E-state index in [-0.39, 0.29) is 12.2 Å². The lowest BCUT2D eigenvalue weighted by atomic mass is 10.1. The molecule has 0 radical (unpaired) electrons. The molecule has 1 aliphatic rings. The van der Waals surface area contributed by atoms with Gasteiger partial charge in [-0.3, -0.25) is 0 Å². The molecule has 1 saturated heterocycles. The van der Waals surface area contributed by atoms with Crippen molar-refractivity contribution in [2.75, 3.05) is 6.61 Å². The quantitative estimate of drug-likeness (QED) is 0.596. The second kappa shape index (κ2) is 5.72. The van der Waals surface area contributed by atoms with Gasteiger partial charge in [0.15, 0.2) is 0 Å². The molecule has 0 bridgehead atoms. The van der Waals surface area contributed by atoms with Gasteiger partial charge in [0, 0.05) is 0 Å². The zero-order chi connectivity index (χ0) is 12.9. The fourth-order valence-electron chi connectivity index (χ4n) is 2.05. The van der Waals surface area contributed by atoms with Crippen LogP contribution in [-0.4, -0.2) is 12.7 Å². The molecule has 0 saturated carbocycles. The molecule has 0 spiro atoms. The van der Waals surface area contributed by atoms with Crippen molar-refractivity contribution in [1.29, 1.82) is 0 Å². The topological polar surface area (TPSA) is 21.8 Å². The summed E-state index contributed by atoms with van der Waals surface area (Å²) in [6.45, 7) is 0.600. The van der Waals surface area contributed by atoms with E-state index >= 15 is 0 Å². The lowest BCUT2D eigenvalue weighted by molar-refractivity contribution is 0.213. The van der Waals surface area contributed by atoms with Crippen LogP contribution >= 0.6 is 0 Å². The lowest BCUT2D eigenvalue weighted by Gasteiger charge is -1.97. The van der Waals surface area contributed by atoms with Gasteiger partial charge in [-0.1, -0.05) is 60.7 Å². The third-order valence-corrected chi connectivity index (χ3v) is 3.13. The molecule has 19 heavy (non-hydrogen) atoms. The van der Waals surface area contributed by atoms with Gasteiger partial charge < -0.3 is 9.47 Å². The molecule has 0 amide bonds. The first-order valence-corrected chi connectivity index (χ1v) is 6.47. The van der Waals surface area contributed by atoms with E-state index in [1.807, 2.05) is 54.6 Å². The molecule has 0 aliphatic carbocycles. The molecule has 2 aromatic carbocycles. The molecule has 3 rings (SSSR count). The molecular formula is C17H16O2. The van der Waals surface area contributed by atoms with E-state index in [2.05, 4.69) is 12.1 Å². The van der Waals surface area contributed by atoms with Crippen LogP contribution in [0.1, 0.15) is 17.2 Å². The highest BCUT2D eigenvalue weighted by atomic mass is 16.6. The van der Waals surface area contributed by atoms with Gasteiger partial charge in [-0.2, -0.15) is 0 Å². The first kappa shape index (κ1) is 12.0. The second-order valence-corrected chi connectivity index (χ2v) is 4.55. The summed E-state index contributed by atoms with van der Waals surface area (Å²) in [5.41, 5.74) is 2.36. The van der Waals surface area contributed by atoms with Crippen molar-refractivity contribution in [3.05, 3.63) is 78.1 Å². The Balaban J connectivity index is 1.44. The maximum absolute atomic E-state index is 5.60. The third kappa shape index (κ3) is 3.24. The highest BCUT2D eigenvalue weighted by molar-refractivity contribution is 5.47. The molecule has 2 nitrogen and oxygen atoms in total. The van der Waals surface area contributed by atoms with E-state index < -0.39 is 0 Å². The van der Waals surface area contributed by atoms with E-state index in [0.717, 1.165) is 5.56 Å². The summed E-state index contributed by atoms with van der Waals surface area (Å²) in [5.74, 6) is 0. The van der Waals surface area contributed by atoms with E-state index in [1.54, 1.807) is 6.26 Å². The van der Waals surface area contributed by atoms with Crippen molar-refractivity contribution in [3.8, 4) is 0 Å². The average Bonchev–Trinajstić information content (AvgIpc) is 3.25. The summed E-state index contributed by atoms with van der Waals surface area (Å²) in [6, 6.07) is 20.4. The Kier molecular flexibility index (Phi) is 3.61. The predicted molar refractivity (Wildman–Crippen MR) is 75.5 cm³/mol. The summed E-state index contributed by atoms with van der Waals surface area (Å²) < 4.78 is 11.1. The molecule has 96 valence electrons. The van der Waals surface area contributed by atoms with E-state index in [4.69, 9.17) is 9.47 Å². The Hall–Kier alpha value is -2.06. The van der Waals surface area contributed by atoms with Gasteiger partial charge in [-0.25, -0.2) is 0 Å². The number of epoxide rings is 1. The Morgan fingerprint density at radius 3 is 2.37 bits per heavy atom. The highest BCUT2D eigenvalue weighted by Gasteiger charge is 2.40. The summed E-state index contributed by atoms with van der Waals surface area (Å²) in [6.07, 6.45) is 4.08. The first-order valence-electron chi connectivity index (χ1n) is 6.47. The van der Waals surface area contributed by atoms with Crippen molar-refractivity contribution in [2.24, 2.45) is 0 Å². The molecule has 2 heteroatoms. The van der Waals surface area contributed by atoms with Gasteiger partial charge in [-0.15, -0.1) is 0 Å². The van der Waals surface area contributed by atoms with Crippen LogP contribution in [-0.2, 0) is 9.47 Å². The predicted octanol–water partition coefficient (Wildman–Crippen LogP) is 3.81. The standard InChI is InChI=1S/C17H16O2/c1-3-7-14(8-4-1)11-12-18-13-16-17(19-16)15-9-5-2-6-10-15/h1-12,16-17H,13H2/b12-11+/t16-,17+/m0/s1. The molecular weight excluding hydrogens is 236 g/mol. The van der Waals surface area contributed by atoms with Crippen LogP contribution in [0, 0.1) is 0 Å². The van der Waals surface area contributed by atoms with Crippen LogP contribution in [0.3, 0.4) is 0 Å². The minimum absolute atomic E-state index is 0.183. The molecule has 0 aromatic heterocycles. The zero-order valence-corrected chi connectivity index (χ0v) is 10.6. The Labute approximate surface area is 113 Å². The van der Waals surface area contributed by atoms with Crippen LogP contribution in [0.25, 0.3) is 6.08 Å². The molecule has 2 aromatic rings. The third-order valence-electron chi connectivity index (χ3n) is 3.13. The smallest absolute Gasteiger partial charge is 0.123 e. The number of hydrogen-bond acceptors (Lipinski definition) is 2. The Morgan fingerprint density at radius 1 is 0.947 bits per heavy atom. The summed E-state index contributed by atoms with van der Waals surface area (Å²) in [7, 11) is 0. The van der Waals surface area contributed by atoms with Gasteiger partial charge in [0.25, 0.3) is 0 Å². The van der Waals surface area contributed by atoms with Gasteiger partial charge in [0.2, 0.25) is 0 Å². The van der Waals surface area contributed by atoms with E-state index in [1.165, 1.54) is 5.56 Å². The van der Waals surface area contributed by atoms with Crippen LogP contribution in [0.15, 0.2) is 66.9 Å². The number of rotatable bonds is 5. The minimum atomic E-state index is 0.183. The zero-order valence-electron chi connectivity index (χ0n) is 10.6. The molecule has 0 N–H and O–H groups in total. The SMILES string of the molecule is C(=C\c1ccccc1)/OC[C@@H]1O[C@@H]1c1ccccc1. The van der Waals surface area contributed by atoms with Gasteiger partial charge in [-0.05, 0) is 17.2 Å². The fourth-order valence-corrected chi connectivity index (χ4v) is 2.05. The van der Waals surface area contributed by atoms with Crippen molar-refractivity contribution < 1.29 is 9.47 Å². The molecule has 0 unspecified atom stereocenters. The number of benzene rings is 2. The van der Waals surface area contributed by atoms with Gasteiger partial charge in [0.05, 0.1) is 6.26 Å². The molecule has 1 heterocycles. The Morgan fingerprint density at radius 2 is 1.63 bits per heavy atom. The van der Waals surface area contributed by atoms with Crippen LogP contribution < -0.4 is 0 Å². The van der Waals surface area contributed by atoms with Crippen molar-refractivity contribution in [3.63, 3.8) is 0 Å². The van der Waals surface area contributed by atoms with E-state index in [0.29, 0.717) is 6.61 Å². The lowest BCUT2D eigenvalue weighted by Crippen LogP contribution is -1.98. The number of ether oxygens (including phenoxy) is 2. The summed E-state index contributed by atoms with van der Waals surface area (Å²) in [4.78, 5) is 0. The van der Waals surface area contributed by atoms with Gasteiger partial charge >= 0.3 is 0 Å². The minimum Gasteiger partial charge on any atom is -0.498 e. The summed E-state index contributed by atoms with van der Waals surface area (Å²) >= 11 is 0. The first-order chi connectivity index (χ1) is 9.43.